The van der Waals surface area contributed by atoms with E-state index in [-0.39, 0.29) is 5.91 Å². The first-order valence-corrected chi connectivity index (χ1v) is 8.89. The number of nitrogens with one attached hydrogen (secondary N) is 2. The molecule has 0 aliphatic rings. The van der Waals surface area contributed by atoms with Gasteiger partial charge in [-0.25, -0.2) is 0 Å². The maximum atomic E-state index is 12.3. The van der Waals surface area contributed by atoms with Crippen molar-refractivity contribution < 1.29 is 4.79 Å². The van der Waals surface area contributed by atoms with E-state index in [4.69, 9.17) is 0 Å². The largest absolute Gasteiger partial charge is 0.355 e. The van der Waals surface area contributed by atoms with E-state index in [1.54, 1.807) is 6.08 Å². The lowest BCUT2D eigenvalue weighted by molar-refractivity contribution is 0.0959. The molecule has 0 unspecified atom stereocenters. The minimum atomic E-state index is -0.107. The van der Waals surface area contributed by atoms with Gasteiger partial charge in [0.15, 0.2) is 0 Å². The second kappa shape index (κ2) is 7.96. The molecule has 114 valence electrons. The number of carbonyl (C=O) groups is 1. The number of hydrogen-bond acceptors (Lipinski definition) is 2. The summed E-state index contributed by atoms with van der Waals surface area (Å²) < 4.78 is 2.21. The highest BCUT2D eigenvalue weighted by atomic mass is 127. The summed E-state index contributed by atoms with van der Waals surface area (Å²) in [5.74, 6) is -0.107. The van der Waals surface area contributed by atoms with Crippen molar-refractivity contribution in [3.8, 4) is 0 Å². The summed E-state index contributed by atoms with van der Waals surface area (Å²) in [6.45, 7) is 6.12. The Morgan fingerprint density at radius 2 is 1.77 bits per heavy atom. The fourth-order valence-electron chi connectivity index (χ4n) is 1.99. The molecule has 2 N–H and O–H groups in total. The van der Waals surface area contributed by atoms with Crippen molar-refractivity contribution in [2.75, 3.05) is 11.9 Å². The van der Waals surface area contributed by atoms with Crippen molar-refractivity contribution in [1.29, 1.82) is 0 Å². The number of amides is 1. The normalized spacial score (nSPS) is 10.1. The SMILES string of the molecule is C=CCNC(=O)c1cc(I)ccc1Nc1ccc(I)cc1C. The van der Waals surface area contributed by atoms with Crippen LogP contribution in [0.3, 0.4) is 0 Å². The molecule has 0 saturated carbocycles. The van der Waals surface area contributed by atoms with Crippen LogP contribution in [0.25, 0.3) is 0 Å². The molecule has 2 rings (SSSR count). The Labute approximate surface area is 157 Å². The highest BCUT2D eigenvalue weighted by molar-refractivity contribution is 14.1. The number of carbonyl (C=O) groups excluding carboxylic acids is 1. The molecule has 0 saturated heterocycles. The van der Waals surface area contributed by atoms with E-state index in [2.05, 4.69) is 75.4 Å². The predicted octanol–water partition coefficient (Wildman–Crippen LogP) is 4.86. The molecular weight excluding hydrogens is 502 g/mol. The van der Waals surface area contributed by atoms with Gasteiger partial charge in [-0.3, -0.25) is 4.79 Å². The molecule has 0 atom stereocenters. The molecule has 0 aliphatic heterocycles. The van der Waals surface area contributed by atoms with Crippen LogP contribution < -0.4 is 10.6 Å². The van der Waals surface area contributed by atoms with Crippen molar-refractivity contribution in [3.63, 3.8) is 0 Å². The van der Waals surface area contributed by atoms with E-state index in [0.29, 0.717) is 12.1 Å². The molecule has 2 aromatic rings. The number of anilines is 2. The molecular formula is C17H16I2N2O. The minimum absolute atomic E-state index is 0.107. The van der Waals surface area contributed by atoms with Gasteiger partial charge in [0.1, 0.15) is 0 Å². The van der Waals surface area contributed by atoms with Gasteiger partial charge in [0.2, 0.25) is 0 Å². The van der Waals surface area contributed by atoms with Crippen LogP contribution in [0, 0.1) is 14.1 Å². The molecule has 0 spiro atoms. The molecule has 0 radical (unpaired) electrons. The molecule has 0 aliphatic carbocycles. The van der Waals surface area contributed by atoms with Crippen molar-refractivity contribution in [2.45, 2.75) is 6.92 Å². The Kier molecular flexibility index (Phi) is 6.25. The Bertz CT molecular complexity index is 714. The fourth-order valence-corrected chi connectivity index (χ4v) is 3.12. The number of benzene rings is 2. The summed E-state index contributed by atoms with van der Waals surface area (Å²) in [6, 6.07) is 12.0. The third kappa shape index (κ3) is 4.45. The Morgan fingerprint density at radius 3 is 2.41 bits per heavy atom. The van der Waals surface area contributed by atoms with Crippen LogP contribution in [0.15, 0.2) is 49.1 Å². The van der Waals surface area contributed by atoms with Crippen molar-refractivity contribution >= 4 is 62.5 Å². The molecule has 0 fully saturated rings. The van der Waals surface area contributed by atoms with Crippen LogP contribution >= 0.6 is 45.2 Å². The summed E-state index contributed by atoms with van der Waals surface area (Å²) in [5.41, 5.74) is 3.57. The van der Waals surface area contributed by atoms with E-state index in [1.807, 2.05) is 30.3 Å². The number of aryl methyl sites for hydroxylation is 1. The van der Waals surface area contributed by atoms with Crippen LogP contribution in [-0.4, -0.2) is 12.5 Å². The van der Waals surface area contributed by atoms with Gasteiger partial charge in [-0.1, -0.05) is 6.08 Å². The zero-order chi connectivity index (χ0) is 16.1. The average molecular weight is 518 g/mol. The van der Waals surface area contributed by atoms with Gasteiger partial charge < -0.3 is 10.6 Å². The molecule has 22 heavy (non-hydrogen) atoms. The summed E-state index contributed by atoms with van der Waals surface area (Å²) in [4.78, 5) is 12.3. The van der Waals surface area contributed by atoms with Crippen LogP contribution in [0.2, 0.25) is 0 Å². The zero-order valence-corrected chi connectivity index (χ0v) is 16.4. The monoisotopic (exact) mass is 518 g/mol. The lowest BCUT2D eigenvalue weighted by Gasteiger charge is -2.14. The molecule has 0 bridgehead atoms. The van der Waals surface area contributed by atoms with E-state index in [9.17, 15) is 4.79 Å². The summed E-state index contributed by atoms with van der Waals surface area (Å²) in [7, 11) is 0. The highest BCUT2D eigenvalue weighted by Gasteiger charge is 2.12. The van der Waals surface area contributed by atoms with Gasteiger partial charge in [0.25, 0.3) is 5.91 Å². The van der Waals surface area contributed by atoms with Gasteiger partial charge in [0, 0.05) is 19.4 Å². The number of rotatable bonds is 5. The van der Waals surface area contributed by atoms with Gasteiger partial charge in [0.05, 0.1) is 11.3 Å². The third-order valence-corrected chi connectivity index (χ3v) is 4.43. The standard InChI is InChI=1S/C17H16I2N2O/c1-3-8-20-17(22)14-10-13(19)5-7-16(14)21-15-6-4-12(18)9-11(15)2/h3-7,9-10,21H,1,8H2,2H3,(H,20,22). The Hall–Kier alpha value is -1.09. The lowest BCUT2D eigenvalue weighted by atomic mass is 10.1. The van der Waals surface area contributed by atoms with E-state index in [1.165, 1.54) is 3.57 Å². The number of hydrogen-bond donors (Lipinski definition) is 2. The second-order valence-electron chi connectivity index (χ2n) is 4.77. The molecule has 3 nitrogen and oxygen atoms in total. The first kappa shape index (κ1) is 17.3. The number of halogens is 2. The smallest absolute Gasteiger partial charge is 0.253 e. The minimum Gasteiger partial charge on any atom is -0.355 e. The molecule has 0 aromatic heterocycles. The third-order valence-electron chi connectivity index (χ3n) is 3.09. The van der Waals surface area contributed by atoms with Gasteiger partial charge in [-0.15, -0.1) is 6.58 Å². The van der Waals surface area contributed by atoms with Crippen molar-refractivity contribution in [3.05, 3.63) is 67.3 Å². The highest BCUT2D eigenvalue weighted by Crippen LogP contribution is 2.26. The Balaban J connectivity index is 2.34. The van der Waals surface area contributed by atoms with Crippen LogP contribution in [0.1, 0.15) is 15.9 Å². The van der Waals surface area contributed by atoms with Crippen LogP contribution in [0.5, 0.6) is 0 Å². The quantitative estimate of drug-likeness (QED) is 0.439. The Morgan fingerprint density at radius 1 is 1.14 bits per heavy atom. The summed E-state index contributed by atoms with van der Waals surface area (Å²) in [6.07, 6.45) is 1.67. The maximum absolute atomic E-state index is 12.3. The van der Waals surface area contributed by atoms with E-state index in [0.717, 1.165) is 20.5 Å². The van der Waals surface area contributed by atoms with E-state index >= 15 is 0 Å². The predicted molar refractivity (Wildman–Crippen MR) is 109 cm³/mol. The first-order valence-electron chi connectivity index (χ1n) is 6.73. The first-order chi connectivity index (χ1) is 10.5. The molecule has 1 amide bonds. The van der Waals surface area contributed by atoms with Crippen molar-refractivity contribution in [2.24, 2.45) is 0 Å². The summed E-state index contributed by atoms with van der Waals surface area (Å²) >= 11 is 4.49. The average Bonchev–Trinajstić information content (AvgIpc) is 2.49. The fraction of sp³-hybridized carbons (Fsp3) is 0.118. The topological polar surface area (TPSA) is 41.1 Å². The lowest BCUT2D eigenvalue weighted by Crippen LogP contribution is -2.24. The van der Waals surface area contributed by atoms with Gasteiger partial charge in [-0.2, -0.15) is 0 Å². The van der Waals surface area contributed by atoms with Crippen LogP contribution in [-0.2, 0) is 0 Å². The van der Waals surface area contributed by atoms with Crippen LogP contribution in [0.4, 0.5) is 11.4 Å². The van der Waals surface area contributed by atoms with Gasteiger partial charge >= 0.3 is 0 Å². The summed E-state index contributed by atoms with van der Waals surface area (Å²) in [5, 5.41) is 6.18. The van der Waals surface area contributed by atoms with Gasteiger partial charge in [-0.05, 0) is 94.1 Å². The molecule has 2 aromatic carbocycles. The second-order valence-corrected chi connectivity index (χ2v) is 7.26. The maximum Gasteiger partial charge on any atom is 0.253 e. The molecule has 0 heterocycles. The van der Waals surface area contributed by atoms with Crippen molar-refractivity contribution in [1.82, 2.24) is 5.32 Å². The molecule has 5 heteroatoms. The zero-order valence-electron chi connectivity index (χ0n) is 12.1. The van der Waals surface area contributed by atoms with E-state index < -0.39 is 0 Å².